The van der Waals surface area contributed by atoms with Crippen LogP contribution in [0.2, 0.25) is 0 Å². The van der Waals surface area contributed by atoms with Crippen LogP contribution in [0.1, 0.15) is 51.4 Å². The Morgan fingerprint density at radius 2 is 1.79 bits per heavy atom. The van der Waals surface area contributed by atoms with Crippen molar-refractivity contribution in [3.05, 3.63) is 0 Å². The van der Waals surface area contributed by atoms with E-state index in [1.54, 1.807) is 5.48 Å². The van der Waals surface area contributed by atoms with Gasteiger partial charge in [-0.05, 0) is 32.2 Å². The topological polar surface area (TPSA) is 90.5 Å². The minimum atomic E-state index is -0.345. The van der Waals surface area contributed by atoms with Crippen LogP contribution in [-0.2, 0) is 9.59 Å². The third kappa shape index (κ3) is 7.79. The summed E-state index contributed by atoms with van der Waals surface area (Å²) in [6.07, 6.45) is 6.54. The summed E-state index contributed by atoms with van der Waals surface area (Å²) in [6.45, 7) is 1.93. The monoisotopic (exact) mass is 271 g/mol. The Morgan fingerprint density at radius 1 is 1.11 bits per heavy atom. The number of carbonyl (C=O) groups is 2. The second-order valence-electron chi connectivity index (χ2n) is 5.06. The number of amides is 2. The van der Waals surface area contributed by atoms with Crippen molar-refractivity contribution in [1.29, 1.82) is 0 Å². The van der Waals surface area contributed by atoms with Crippen molar-refractivity contribution in [2.24, 2.45) is 0 Å². The van der Waals surface area contributed by atoms with Crippen molar-refractivity contribution in [1.82, 2.24) is 16.1 Å². The minimum absolute atomic E-state index is 0.127. The molecule has 1 heterocycles. The molecule has 1 atom stereocenters. The fraction of sp³-hybridized carbons (Fsp3) is 0.846. The molecule has 0 saturated carbocycles. The lowest BCUT2D eigenvalue weighted by atomic mass is 10.1. The quantitative estimate of drug-likeness (QED) is 0.297. The number of hydroxylamine groups is 1. The molecule has 19 heavy (non-hydrogen) atoms. The van der Waals surface area contributed by atoms with Gasteiger partial charge in [-0.2, -0.15) is 0 Å². The maximum atomic E-state index is 11.7. The lowest BCUT2D eigenvalue weighted by Crippen LogP contribution is -2.45. The summed E-state index contributed by atoms with van der Waals surface area (Å²) < 4.78 is 0. The highest BCUT2D eigenvalue weighted by atomic mass is 16.5. The number of rotatable bonds is 8. The zero-order chi connectivity index (χ0) is 13.9. The number of piperidine rings is 1. The maximum Gasteiger partial charge on any atom is 0.243 e. The summed E-state index contributed by atoms with van der Waals surface area (Å²) in [7, 11) is 0. The molecule has 2 amide bonds. The average Bonchev–Trinajstić information content (AvgIpc) is 2.43. The molecule has 0 aliphatic carbocycles. The van der Waals surface area contributed by atoms with E-state index in [9.17, 15) is 9.59 Å². The molecule has 1 aliphatic heterocycles. The van der Waals surface area contributed by atoms with Crippen molar-refractivity contribution in [3.8, 4) is 0 Å². The van der Waals surface area contributed by atoms with Gasteiger partial charge in [0.15, 0.2) is 0 Å². The summed E-state index contributed by atoms with van der Waals surface area (Å²) in [5.41, 5.74) is 1.61. The summed E-state index contributed by atoms with van der Waals surface area (Å²) in [4.78, 5) is 22.4. The number of nitrogens with one attached hydrogen (secondary N) is 3. The second-order valence-corrected chi connectivity index (χ2v) is 5.06. The Balaban J connectivity index is 1.93. The summed E-state index contributed by atoms with van der Waals surface area (Å²) in [5.74, 6) is -0.218. The molecule has 0 spiro atoms. The molecule has 110 valence electrons. The van der Waals surface area contributed by atoms with Crippen molar-refractivity contribution in [3.63, 3.8) is 0 Å². The molecule has 0 aromatic heterocycles. The van der Waals surface area contributed by atoms with Crippen molar-refractivity contribution in [2.45, 2.75) is 57.4 Å². The van der Waals surface area contributed by atoms with Crippen LogP contribution in [0.4, 0.5) is 0 Å². The number of hydrogen-bond acceptors (Lipinski definition) is 4. The first kappa shape index (κ1) is 15.9. The summed E-state index contributed by atoms with van der Waals surface area (Å²) in [5, 5.41) is 14.6. The standard InChI is InChI=1S/C13H25N3O3/c17-12(15-11-6-5-9-14-10-11)7-3-1-2-4-8-13(18)16-19/h11,14,19H,1-10H2,(H,15,17)(H,16,18). The molecule has 0 aromatic rings. The first-order chi connectivity index (χ1) is 9.22. The van der Waals surface area contributed by atoms with Gasteiger partial charge in [-0.25, -0.2) is 5.48 Å². The molecule has 0 radical (unpaired) electrons. The van der Waals surface area contributed by atoms with Crippen LogP contribution in [-0.4, -0.2) is 36.2 Å². The number of hydrogen-bond donors (Lipinski definition) is 4. The van der Waals surface area contributed by atoms with E-state index in [4.69, 9.17) is 5.21 Å². The van der Waals surface area contributed by atoms with Crippen molar-refractivity contribution < 1.29 is 14.8 Å². The Labute approximate surface area is 114 Å². The van der Waals surface area contributed by atoms with E-state index in [0.717, 1.165) is 51.6 Å². The van der Waals surface area contributed by atoms with E-state index in [-0.39, 0.29) is 17.9 Å². The van der Waals surface area contributed by atoms with E-state index in [1.165, 1.54) is 0 Å². The van der Waals surface area contributed by atoms with Gasteiger partial charge in [-0.15, -0.1) is 0 Å². The van der Waals surface area contributed by atoms with Gasteiger partial charge >= 0.3 is 0 Å². The molecule has 1 unspecified atom stereocenters. The van der Waals surface area contributed by atoms with Gasteiger partial charge in [0.1, 0.15) is 0 Å². The molecule has 1 fully saturated rings. The molecule has 0 aromatic carbocycles. The second kappa shape index (κ2) is 9.75. The normalized spacial score (nSPS) is 18.9. The highest BCUT2D eigenvalue weighted by molar-refractivity contribution is 5.76. The molecule has 4 N–H and O–H groups in total. The Hall–Kier alpha value is -1.14. The van der Waals surface area contributed by atoms with Crippen molar-refractivity contribution >= 4 is 11.8 Å². The Kier molecular flexibility index (Phi) is 8.16. The van der Waals surface area contributed by atoms with E-state index < -0.39 is 0 Å². The Bertz CT molecular complexity index is 278. The van der Waals surface area contributed by atoms with Gasteiger partial charge in [-0.3, -0.25) is 14.8 Å². The lowest BCUT2D eigenvalue weighted by molar-refractivity contribution is -0.129. The van der Waals surface area contributed by atoms with Gasteiger partial charge in [0.2, 0.25) is 11.8 Å². The van der Waals surface area contributed by atoms with E-state index in [1.807, 2.05) is 0 Å². The van der Waals surface area contributed by atoms with Gasteiger partial charge in [0.05, 0.1) is 0 Å². The summed E-state index contributed by atoms with van der Waals surface area (Å²) in [6, 6.07) is 0.287. The van der Waals surface area contributed by atoms with Crippen LogP contribution in [0.3, 0.4) is 0 Å². The zero-order valence-electron chi connectivity index (χ0n) is 11.4. The van der Waals surface area contributed by atoms with E-state index >= 15 is 0 Å². The van der Waals surface area contributed by atoms with Crippen LogP contribution in [0, 0.1) is 0 Å². The fourth-order valence-corrected chi connectivity index (χ4v) is 2.26. The minimum Gasteiger partial charge on any atom is -0.352 e. The molecule has 0 bridgehead atoms. The van der Waals surface area contributed by atoms with Crippen LogP contribution < -0.4 is 16.1 Å². The third-order valence-electron chi connectivity index (χ3n) is 3.34. The zero-order valence-corrected chi connectivity index (χ0v) is 11.4. The highest BCUT2D eigenvalue weighted by Gasteiger charge is 2.14. The van der Waals surface area contributed by atoms with Gasteiger partial charge in [-0.1, -0.05) is 12.8 Å². The van der Waals surface area contributed by atoms with Gasteiger partial charge < -0.3 is 10.6 Å². The molecule has 1 rings (SSSR count). The van der Waals surface area contributed by atoms with Crippen molar-refractivity contribution in [2.75, 3.05) is 13.1 Å². The fourth-order valence-electron chi connectivity index (χ4n) is 2.26. The third-order valence-corrected chi connectivity index (χ3v) is 3.34. The predicted molar refractivity (Wildman–Crippen MR) is 71.7 cm³/mol. The van der Waals surface area contributed by atoms with E-state index in [0.29, 0.717) is 12.8 Å². The average molecular weight is 271 g/mol. The smallest absolute Gasteiger partial charge is 0.243 e. The first-order valence-corrected chi connectivity index (χ1v) is 7.15. The van der Waals surface area contributed by atoms with Crippen LogP contribution in [0.25, 0.3) is 0 Å². The maximum absolute atomic E-state index is 11.7. The number of unbranched alkanes of at least 4 members (excludes halogenated alkanes) is 3. The summed E-state index contributed by atoms with van der Waals surface area (Å²) >= 11 is 0. The van der Waals surface area contributed by atoms with E-state index in [2.05, 4.69) is 10.6 Å². The molecule has 1 saturated heterocycles. The lowest BCUT2D eigenvalue weighted by Gasteiger charge is -2.23. The van der Waals surface area contributed by atoms with Gasteiger partial charge in [0.25, 0.3) is 0 Å². The molecule has 6 nitrogen and oxygen atoms in total. The molecule has 1 aliphatic rings. The predicted octanol–water partition coefficient (Wildman–Crippen LogP) is 0.701. The van der Waals surface area contributed by atoms with Crippen LogP contribution in [0.15, 0.2) is 0 Å². The molecule has 6 heteroatoms. The SMILES string of the molecule is O=C(CCCCCCC(=O)NC1CCCNC1)NO. The molecular formula is C13H25N3O3. The largest absolute Gasteiger partial charge is 0.352 e. The highest BCUT2D eigenvalue weighted by Crippen LogP contribution is 2.06. The van der Waals surface area contributed by atoms with Crippen LogP contribution in [0.5, 0.6) is 0 Å². The Morgan fingerprint density at radius 3 is 2.37 bits per heavy atom. The van der Waals surface area contributed by atoms with Gasteiger partial charge in [0, 0.05) is 25.4 Å². The van der Waals surface area contributed by atoms with Crippen LogP contribution >= 0.6 is 0 Å². The molecular weight excluding hydrogens is 246 g/mol. The first-order valence-electron chi connectivity index (χ1n) is 7.15. The number of carbonyl (C=O) groups excluding carboxylic acids is 2.